The maximum absolute atomic E-state index is 12.4. The van der Waals surface area contributed by atoms with Crippen molar-refractivity contribution in [2.75, 3.05) is 19.0 Å². The number of carbonyl (C=O) groups is 1. The average molecular weight is 335 g/mol. The zero-order valence-electron chi connectivity index (χ0n) is 14.6. The molecule has 0 atom stereocenters. The third-order valence-corrected chi connectivity index (χ3v) is 3.91. The summed E-state index contributed by atoms with van der Waals surface area (Å²) < 4.78 is 1.75. The summed E-state index contributed by atoms with van der Waals surface area (Å²) in [5.41, 5.74) is 4.56. The highest BCUT2D eigenvalue weighted by atomic mass is 16.1. The van der Waals surface area contributed by atoms with E-state index < -0.39 is 0 Å². The summed E-state index contributed by atoms with van der Waals surface area (Å²) >= 11 is 0. The Bertz CT molecular complexity index is 885. The molecule has 0 unspecified atom stereocenters. The topological polar surface area (TPSA) is 63.1 Å². The first-order chi connectivity index (χ1) is 12.0. The van der Waals surface area contributed by atoms with Crippen LogP contribution in [0.1, 0.15) is 15.9 Å². The maximum atomic E-state index is 12.4. The van der Waals surface area contributed by atoms with Crippen molar-refractivity contribution in [1.29, 1.82) is 0 Å². The highest BCUT2D eigenvalue weighted by Crippen LogP contribution is 2.18. The van der Waals surface area contributed by atoms with Crippen LogP contribution in [-0.2, 0) is 13.6 Å². The van der Waals surface area contributed by atoms with Crippen LogP contribution in [0.15, 0.2) is 55.1 Å². The molecule has 0 spiro atoms. The van der Waals surface area contributed by atoms with Crippen LogP contribution in [0.25, 0.3) is 11.1 Å². The van der Waals surface area contributed by atoms with Gasteiger partial charge in [-0.2, -0.15) is 5.10 Å². The van der Waals surface area contributed by atoms with Crippen molar-refractivity contribution in [2.45, 2.75) is 6.54 Å². The van der Waals surface area contributed by atoms with Gasteiger partial charge in [-0.25, -0.2) is 0 Å². The molecular weight excluding hydrogens is 314 g/mol. The average Bonchev–Trinajstić information content (AvgIpc) is 3.06. The van der Waals surface area contributed by atoms with E-state index in [1.54, 1.807) is 23.3 Å². The monoisotopic (exact) mass is 335 g/mol. The quantitative estimate of drug-likeness (QED) is 0.778. The van der Waals surface area contributed by atoms with E-state index in [1.807, 2.05) is 62.6 Å². The largest absolute Gasteiger partial charge is 0.378 e. The molecule has 6 nitrogen and oxygen atoms in total. The summed E-state index contributed by atoms with van der Waals surface area (Å²) in [6, 6.07) is 9.56. The van der Waals surface area contributed by atoms with Crippen LogP contribution in [0.3, 0.4) is 0 Å². The number of aromatic nitrogens is 3. The predicted molar refractivity (Wildman–Crippen MR) is 98.4 cm³/mol. The lowest BCUT2D eigenvalue weighted by Crippen LogP contribution is -2.23. The van der Waals surface area contributed by atoms with Gasteiger partial charge < -0.3 is 10.2 Å². The summed E-state index contributed by atoms with van der Waals surface area (Å²) in [5.74, 6) is -0.101. The fourth-order valence-corrected chi connectivity index (χ4v) is 2.52. The first kappa shape index (κ1) is 16.7. The summed E-state index contributed by atoms with van der Waals surface area (Å²) in [7, 11) is 5.78. The van der Waals surface area contributed by atoms with Gasteiger partial charge in [-0.05, 0) is 29.8 Å². The van der Waals surface area contributed by atoms with Crippen molar-refractivity contribution in [3.05, 3.63) is 66.2 Å². The van der Waals surface area contributed by atoms with Gasteiger partial charge in [0.15, 0.2) is 0 Å². The molecule has 0 saturated heterocycles. The van der Waals surface area contributed by atoms with Crippen LogP contribution < -0.4 is 10.2 Å². The van der Waals surface area contributed by atoms with Gasteiger partial charge in [-0.3, -0.25) is 14.5 Å². The molecule has 0 radical (unpaired) electrons. The van der Waals surface area contributed by atoms with Gasteiger partial charge in [0.2, 0.25) is 0 Å². The number of hydrogen-bond donors (Lipinski definition) is 1. The molecule has 1 aromatic carbocycles. The minimum atomic E-state index is -0.101. The number of benzene rings is 1. The number of hydrogen-bond acceptors (Lipinski definition) is 4. The number of anilines is 1. The van der Waals surface area contributed by atoms with Gasteiger partial charge in [-0.1, -0.05) is 6.07 Å². The van der Waals surface area contributed by atoms with Crippen LogP contribution in [0, 0.1) is 0 Å². The Kier molecular flexibility index (Phi) is 4.79. The van der Waals surface area contributed by atoms with Gasteiger partial charge in [-0.15, -0.1) is 0 Å². The van der Waals surface area contributed by atoms with Gasteiger partial charge in [0.05, 0.1) is 6.20 Å². The van der Waals surface area contributed by atoms with Crippen molar-refractivity contribution in [1.82, 2.24) is 20.1 Å². The normalized spacial score (nSPS) is 10.5. The molecule has 2 aromatic heterocycles. The van der Waals surface area contributed by atoms with Crippen LogP contribution >= 0.6 is 0 Å². The third kappa shape index (κ3) is 4.03. The molecule has 0 bridgehead atoms. The first-order valence-corrected chi connectivity index (χ1v) is 8.01. The molecule has 0 saturated carbocycles. The summed E-state index contributed by atoms with van der Waals surface area (Å²) in [4.78, 5) is 18.6. The van der Waals surface area contributed by atoms with Crippen LogP contribution in [-0.4, -0.2) is 34.8 Å². The lowest BCUT2D eigenvalue weighted by molar-refractivity contribution is 0.0951. The van der Waals surface area contributed by atoms with E-state index in [0.29, 0.717) is 12.1 Å². The molecule has 2 heterocycles. The number of carbonyl (C=O) groups excluding carboxylic acids is 1. The second kappa shape index (κ2) is 7.17. The molecule has 0 aliphatic carbocycles. The molecule has 1 N–H and O–H groups in total. The standard InChI is InChI=1S/C19H21N5O/c1-23(2)18-6-4-5-15(8-18)19(25)21-10-14-7-16(11-20-9-14)17-12-22-24(3)13-17/h4-9,11-13H,10H2,1-3H3,(H,21,25). The van der Waals surface area contributed by atoms with E-state index in [-0.39, 0.29) is 5.91 Å². The Hall–Kier alpha value is -3.15. The predicted octanol–water partition coefficient (Wildman–Crippen LogP) is 2.48. The van der Waals surface area contributed by atoms with Gasteiger partial charge in [0.25, 0.3) is 5.91 Å². The lowest BCUT2D eigenvalue weighted by Gasteiger charge is -2.13. The number of nitrogens with one attached hydrogen (secondary N) is 1. The molecule has 1 amide bonds. The molecule has 0 aliphatic rings. The summed E-state index contributed by atoms with van der Waals surface area (Å²) in [6.07, 6.45) is 7.29. The van der Waals surface area contributed by atoms with Crippen LogP contribution in [0.2, 0.25) is 0 Å². The van der Waals surface area contributed by atoms with Gasteiger partial charge in [0, 0.05) is 68.7 Å². The van der Waals surface area contributed by atoms with E-state index in [0.717, 1.165) is 22.4 Å². The molecule has 3 aromatic rings. The smallest absolute Gasteiger partial charge is 0.251 e. The van der Waals surface area contributed by atoms with E-state index in [1.165, 1.54) is 0 Å². The lowest BCUT2D eigenvalue weighted by atomic mass is 10.1. The number of nitrogens with zero attached hydrogens (tertiary/aromatic N) is 4. The highest BCUT2D eigenvalue weighted by Gasteiger charge is 2.08. The zero-order chi connectivity index (χ0) is 17.8. The second-order valence-corrected chi connectivity index (χ2v) is 6.11. The van der Waals surface area contributed by atoms with E-state index >= 15 is 0 Å². The Labute approximate surface area is 147 Å². The van der Waals surface area contributed by atoms with Gasteiger partial charge >= 0.3 is 0 Å². The molecule has 3 rings (SSSR count). The number of aryl methyl sites for hydroxylation is 1. The molecule has 6 heteroatoms. The Morgan fingerprint density at radius 1 is 1.16 bits per heavy atom. The molecule has 128 valence electrons. The van der Waals surface area contributed by atoms with E-state index in [9.17, 15) is 4.79 Å². The first-order valence-electron chi connectivity index (χ1n) is 8.01. The number of pyridine rings is 1. The maximum Gasteiger partial charge on any atom is 0.251 e. The van der Waals surface area contributed by atoms with Crippen molar-refractivity contribution in [2.24, 2.45) is 7.05 Å². The minimum Gasteiger partial charge on any atom is -0.378 e. The Morgan fingerprint density at radius 2 is 2.00 bits per heavy atom. The van der Waals surface area contributed by atoms with Crippen LogP contribution in [0.5, 0.6) is 0 Å². The highest BCUT2D eigenvalue weighted by molar-refractivity contribution is 5.95. The van der Waals surface area contributed by atoms with E-state index in [4.69, 9.17) is 0 Å². The summed E-state index contributed by atoms with van der Waals surface area (Å²) in [6.45, 7) is 0.423. The molecule has 0 aliphatic heterocycles. The van der Waals surface area contributed by atoms with Crippen molar-refractivity contribution in [3.8, 4) is 11.1 Å². The minimum absolute atomic E-state index is 0.101. The molecule has 25 heavy (non-hydrogen) atoms. The number of amides is 1. The Morgan fingerprint density at radius 3 is 2.72 bits per heavy atom. The van der Waals surface area contributed by atoms with Crippen LogP contribution in [0.4, 0.5) is 5.69 Å². The zero-order valence-corrected chi connectivity index (χ0v) is 14.6. The molecular formula is C19H21N5O. The fraction of sp³-hybridized carbons (Fsp3) is 0.211. The number of rotatable bonds is 5. The van der Waals surface area contributed by atoms with Crippen molar-refractivity contribution in [3.63, 3.8) is 0 Å². The fourth-order valence-electron chi connectivity index (χ4n) is 2.52. The third-order valence-electron chi connectivity index (χ3n) is 3.91. The summed E-state index contributed by atoms with van der Waals surface area (Å²) in [5, 5.41) is 7.12. The second-order valence-electron chi connectivity index (χ2n) is 6.11. The van der Waals surface area contributed by atoms with Crippen molar-refractivity contribution >= 4 is 11.6 Å². The SMILES string of the molecule is CN(C)c1cccc(C(=O)NCc2cncc(-c3cnn(C)c3)c2)c1. The van der Waals surface area contributed by atoms with E-state index in [2.05, 4.69) is 15.4 Å². The Balaban J connectivity index is 1.69. The van der Waals surface area contributed by atoms with Gasteiger partial charge in [0.1, 0.15) is 0 Å². The van der Waals surface area contributed by atoms with Crippen molar-refractivity contribution < 1.29 is 4.79 Å². The molecule has 0 fully saturated rings.